The standard InChI is InChI=1S/C15H22O4/c1-10(2)5-7-12(15(16)17)11-6-8-13(18-3)14(9-11)19-4/h6,8-10,12H,5,7H2,1-4H3,(H,16,17). The number of carboxylic acids is 1. The van der Waals surface area contributed by atoms with Gasteiger partial charge in [0.1, 0.15) is 0 Å². The second-order valence-electron chi connectivity index (χ2n) is 4.98. The van der Waals surface area contributed by atoms with Gasteiger partial charge in [-0.2, -0.15) is 0 Å². The molecule has 0 bridgehead atoms. The summed E-state index contributed by atoms with van der Waals surface area (Å²) < 4.78 is 10.4. The molecule has 0 saturated heterocycles. The van der Waals surface area contributed by atoms with Crippen molar-refractivity contribution < 1.29 is 19.4 Å². The maximum atomic E-state index is 11.4. The Bertz CT molecular complexity index is 426. The minimum absolute atomic E-state index is 0.488. The fourth-order valence-corrected chi connectivity index (χ4v) is 2.00. The van der Waals surface area contributed by atoms with Crippen molar-refractivity contribution in [3.63, 3.8) is 0 Å². The lowest BCUT2D eigenvalue weighted by atomic mass is 9.91. The van der Waals surface area contributed by atoms with Gasteiger partial charge in [-0.15, -0.1) is 0 Å². The third-order valence-electron chi connectivity index (χ3n) is 3.14. The van der Waals surface area contributed by atoms with Gasteiger partial charge in [-0.3, -0.25) is 4.79 Å². The van der Waals surface area contributed by atoms with Crippen molar-refractivity contribution in [3.05, 3.63) is 23.8 Å². The fourth-order valence-electron chi connectivity index (χ4n) is 2.00. The zero-order valence-electron chi connectivity index (χ0n) is 12.0. The largest absolute Gasteiger partial charge is 0.493 e. The predicted molar refractivity (Wildman–Crippen MR) is 74.0 cm³/mol. The van der Waals surface area contributed by atoms with Crippen molar-refractivity contribution in [1.82, 2.24) is 0 Å². The summed E-state index contributed by atoms with van der Waals surface area (Å²) in [6, 6.07) is 5.29. The lowest BCUT2D eigenvalue weighted by molar-refractivity contribution is -0.139. The second kappa shape index (κ2) is 7.02. The van der Waals surface area contributed by atoms with E-state index in [1.807, 2.05) is 0 Å². The first-order valence-corrected chi connectivity index (χ1v) is 6.44. The fraction of sp³-hybridized carbons (Fsp3) is 0.533. The summed E-state index contributed by atoms with van der Waals surface area (Å²) in [7, 11) is 3.11. The Labute approximate surface area is 114 Å². The van der Waals surface area contributed by atoms with Gasteiger partial charge in [-0.1, -0.05) is 19.9 Å². The van der Waals surface area contributed by atoms with Crippen molar-refractivity contribution in [2.75, 3.05) is 14.2 Å². The third-order valence-corrected chi connectivity index (χ3v) is 3.14. The van der Waals surface area contributed by atoms with Gasteiger partial charge in [-0.25, -0.2) is 0 Å². The summed E-state index contributed by atoms with van der Waals surface area (Å²) in [5, 5.41) is 9.36. The Morgan fingerprint density at radius 2 is 1.79 bits per heavy atom. The van der Waals surface area contributed by atoms with Crippen LogP contribution in [0.1, 0.15) is 38.2 Å². The number of hydrogen-bond donors (Lipinski definition) is 1. The minimum Gasteiger partial charge on any atom is -0.493 e. The van der Waals surface area contributed by atoms with E-state index < -0.39 is 11.9 Å². The highest BCUT2D eigenvalue weighted by molar-refractivity contribution is 5.76. The van der Waals surface area contributed by atoms with Crippen LogP contribution in [0.3, 0.4) is 0 Å². The van der Waals surface area contributed by atoms with Crippen LogP contribution in [0, 0.1) is 5.92 Å². The van der Waals surface area contributed by atoms with Gasteiger partial charge < -0.3 is 14.6 Å². The Morgan fingerprint density at radius 3 is 2.26 bits per heavy atom. The lowest BCUT2D eigenvalue weighted by Gasteiger charge is -2.16. The van der Waals surface area contributed by atoms with Gasteiger partial charge in [-0.05, 0) is 36.5 Å². The summed E-state index contributed by atoms with van der Waals surface area (Å²) in [4.78, 5) is 11.4. The van der Waals surface area contributed by atoms with Gasteiger partial charge in [0.05, 0.1) is 20.1 Å². The quantitative estimate of drug-likeness (QED) is 0.822. The number of ether oxygens (including phenoxy) is 2. The number of rotatable bonds is 7. The average molecular weight is 266 g/mol. The molecule has 0 aliphatic heterocycles. The first-order valence-electron chi connectivity index (χ1n) is 6.44. The molecule has 1 unspecified atom stereocenters. The molecule has 0 spiro atoms. The normalized spacial score (nSPS) is 12.3. The summed E-state index contributed by atoms with van der Waals surface area (Å²) in [6.07, 6.45) is 1.51. The number of benzene rings is 1. The molecule has 1 N–H and O–H groups in total. The highest BCUT2D eigenvalue weighted by Crippen LogP contribution is 2.32. The van der Waals surface area contributed by atoms with E-state index in [2.05, 4.69) is 13.8 Å². The molecule has 1 atom stereocenters. The van der Waals surface area contributed by atoms with Crippen LogP contribution in [-0.4, -0.2) is 25.3 Å². The Morgan fingerprint density at radius 1 is 1.16 bits per heavy atom. The van der Waals surface area contributed by atoms with Crippen LogP contribution in [0.2, 0.25) is 0 Å². The molecule has 0 aromatic heterocycles. The Kier molecular flexibility index (Phi) is 5.67. The van der Waals surface area contributed by atoms with Gasteiger partial charge >= 0.3 is 5.97 Å². The zero-order chi connectivity index (χ0) is 14.4. The number of aliphatic carboxylic acids is 1. The van der Waals surface area contributed by atoms with E-state index in [0.29, 0.717) is 23.8 Å². The van der Waals surface area contributed by atoms with E-state index in [0.717, 1.165) is 12.0 Å². The zero-order valence-corrected chi connectivity index (χ0v) is 12.0. The van der Waals surface area contributed by atoms with E-state index in [1.54, 1.807) is 32.4 Å². The molecule has 0 radical (unpaired) electrons. The molecule has 0 aliphatic carbocycles. The molecule has 19 heavy (non-hydrogen) atoms. The summed E-state index contributed by atoms with van der Waals surface area (Å²) in [6.45, 7) is 4.18. The van der Waals surface area contributed by atoms with Crippen LogP contribution < -0.4 is 9.47 Å². The SMILES string of the molecule is COc1ccc(C(CCC(C)C)C(=O)O)cc1OC. The van der Waals surface area contributed by atoms with Gasteiger partial charge in [0.25, 0.3) is 0 Å². The Balaban J connectivity index is 2.99. The molecule has 4 nitrogen and oxygen atoms in total. The first kappa shape index (κ1) is 15.3. The second-order valence-corrected chi connectivity index (χ2v) is 4.98. The van der Waals surface area contributed by atoms with Crippen LogP contribution in [0.4, 0.5) is 0 Å². The topological polar surface area (TPSA) is 55.8 Å². The van der Waals surface area contributed by atoms with Crippen molar-refractivity contribution >= 4 is 5.97 Å². The lowest BCUT2D eigenvalue weighted by Crippen LogP contribution is -2.12. The molecule has 4 heteroatoms. The van der Waals surface area contributed by atoms with Crippen LogP contribution in [0.5, 0.6) is 11.5 Å². The number of carbonyl (C=O) groups is 1. The van der Waals surface area contributed by atoms with Crippen LogP contribution in [-0.2, 0) is 4.79 Å². The van der Waals surface area contributed by atoms with Crippen LogP contribution in [0.25, 0.3) is 0 Å². The molecular weight excluding hydrogens is 244 g/mol. The van der Waals surface area contributed by atoms with Crippen molar-refractivity contribution in [2.24, 2.45) is 5.92 Å². The Hall–Kier alpha value is -1.71. The molecule has 0 saturated carbocycles. The third kappa shape index (κ3) is 4.16. The van der Waals surface area contributed by atoms with E-state index >= 15 is 0 Å². The molecule has 0 fully saturated rings. The number of hydrogen-bond acceptors (Lipinski definition) is 3. The van der Waals surface area contributed by atoms with Gasteiger partial charge in [0.15, 0.2) is 11.5 Å². The monoisotopic (exact) mass is 266 g/mol. The van der Waals surface area contributed by atoms with Crippen molar-refractivity contribution in [2.45, 2.75) is 32.6 Å². The van der Waals surface area contributed by atoms with Gasteiger partial charge in [0, 0.05) is 0 Å². The number of methoxy groups -OCH3 is 2. The summed E-state index contributed by atoms with van der Waals surface area (Å²) in [5.41, 5.74) is 0.755. The molecule has 0 heterocycles. The predicted octanol–water partition coefficient (Wildman–Crippen LogP) is 3.31. The van der Waals surface area contributed by atoms with Crippen LogP contribution >= 0.6 is 0 Å². The maximum absolute atomic E-state index is 11.4. The molecule has 0 amide bonds. The highest BCUT2D eigenvalue weighted by atomic mass is 16.5. The molecular formula is C15H22O4. The molecule has 1 aromatic rings. The van der Waals surface area contributed by atoms with Crippen LogP contribution in [0.15, 0.2) is 18.2 Å². The van der Waals surface area contributed by atoms with E-state index in [9.17, 15) is 9.90 Å². The molecule has 1 aromatic carbocycles. The minimum atomic E-state index is -0.798. The molecule has 106 valence electrons. The summed E-state index contributed by atoms with van der Waals surface area (Å²) in [5.74, 6) is 0.368. The van der Waals surface area contributed by atoms with Gasteiger partial charge in [0.2, 0.25) is 0 Å². The molecule has 0 aliphatic rings. The molecule has 1 rings (SSSR count). The van der Waals surface area contributed by atoms with E-state index in [1.165, 1.54) is 0 Å². The van der Waals surface area contributed by atoms with Crippen molar-refractivity contribution in [3.8, 4) is 11.5 Å². The van der Waals surface area contributed by atoms with Crippen molar-refractivity contribution in [1.29, 1.82) is 0 Å². The smallest absolute Gasteiger partial charge is 0.310 e. The maximum Gasteiger partial charge on any atom is 0.310 e. The average Bonchev–Trinajstić information content (AvgIpc) is 2.37. The van der Waals surface area contributed by atoms with E-state index in [-0.39, 0.29) is 0 Å². The van der Waals surface area contributed by atoms with E-state index in [4.69, 9.17) is 9.47 Å². The highest BCUT2D eigenvalue weighted by Gasteiger charge is 2.21. The number of carboxylic acid groups (broad SMARTS) is 1. The summed E-state index contributed by atoms with van der Waals surface area (Å²) >= 11 is 0. The first-order chi connectivity index (χ1) is 8.99.